The van der Waals surface area contributed by atoms with E-state index < -0.39 is 35.6 Å². The lowest BCUT2D eigenvalue weighted by Gasteiger charge is -2.38. The highest BCUT2D eigenvalue weighted by atomic mass is 79.9. The van der Waals surface area contributed by atoms with Crippen molar-refractivity contribution in [2.45, 2.75) is 42.0 Å². The molecule has 7 atom stereocenters. The van der Waals surface area contributed by atoms with Crippen molar-refractivity contribution in [3.05, 3.63) is 67.8 Å². The Morgan fingerprint density at radius 2 is 1.87 bits per heavy atom. The molecule has 5 rings (SSSR count). The predicted molar refractivity (Wildman–Crippen MR) is 153 cm³/mol. The minimum absolute atomic E-state index is 0.208. The largest absolute Gasteiger partial charge is 0.394 e. The van der Waals surface area contributed by atoms with E-state index in [1.807, 2.05) is 42.5 Å². The number of amides is 3. The Bertz CT molecular complexity index is 1330. The fraction of sp³-hybridized carbons (Fsp3) is 0.433. The van der Waals surface area contributed by atoms with Crippen molar-refractivity contribution in [1.29, 1.82) is 0 Å². The quantitative estimate of drug-likeness (QED) is 0.355. The van der Waals surface area contributed by atoms with Gasteiger partial charge in [-0.3, -0.25) is 14.4 Å². The molecule has 0 saturated carbocycles. The number of carbonyl (C=O) groups is 3. The van der Waals surface area contributed by atoms with Gasteiger partial charge in [-0.25, -0.2) is 0 Å². The van der Waals surface area contributed by atoms with Gasteiger partial charge in [0.05, 0.1) is 30.6 Å². The zero-order valence-corrected chi connectivity index (χ0v) is 23.8. The number of alkyl halides is 1. The smallest absolute Gasteiger partial charge is 0.253 e. The van der Waals surface area contributed by atoms with Crippen LogP contribution in [0.15, 0.2) is 67.8 Å². The molecule has 3 aliphatic heterocycles. The summed E-state index contributed by atoms with van der Waals surface area (Å²) in [4.78, 5) is 46.7. The number of benzene rings is 2. The van der Waals surface area contributed by atoms with Gasteiger partial charge in [0.1, 0.15) is 11.6 Å². The van der Waals surface area contributed by atoms with E-state index in [4.69, 9.17) is 4.74 Å². The van der Waals surface area contributed by atoms with Gasteiger partial charge >= 0.3 is 0 Å². The second-order valence-electron chi connectivity index (χ2n) is 10.7. The summed E-state index contributed by atoms with van der Waals surface area (Å²) in [5.41, 5.74) is -0.536. The number of hydrogen-bond acceptors (Lipinski definition) is 5. The van der Waals surface area contributed by atoms with E-state index in [2.05, 4.69) is 29.1 Å². The molecule has 0 aromatic heterocycles. The van der Waals surface area contributed by atoms with Gasteiger partial charge in [-0.15, -0.1) is 13.2 Å². The standard InChI is InChI=1S/C30H34BrN3O5/c1-5-13-32(4)27(36)23-24-28(37)34(18(3)17-35)26(30(24)16-22(31)25(23)39-30)29(38)33(14-6-2)21-12-11-19-9-7-8-10-20(19)15-21/h5-12,15,18,22-26,35H,1-2,13-14,16-17H2,3-4H3/t18-,22?,23+,24+,25+,26?,30?/m1/s1. The SMILES string of the molecule is C=CCN(C)C(=O)[C@H]1[C@H]2C(=O)N([C@H](C)CO)C(C(=O)N(CC=C)c3ccc4ccccc4c3)C23CC(Br)[C@@H]1O3. The first-order valence-corrected chi connectivity index (χ1v) is 14.1. The highest BCUT2D eigenvalue weighted by Gasteiger charge is 2.77. The molecule has 9 heteroatoms. The first kappa shape index (κ1) is 27.6. The van der Waals surface area contributed by atoms with E-state index in [1.165, 1.54) is 9.80 Å². The third kappa shape index (κ3) is 4.22. The summed E-state index contributed by atoms with van der Waals surface area (Å²) < 4.78 is 6.58. The van der Waals surface area contributed by atoms with Crippen LogP contribution in [0.4, 0.5) is 5.69 Å². The van der Waals surface area contributed by atoms with Crippen LogP contribution in [-0.2, 0) is 19.1 Å². The molecule has 1 spiro atoms. The van der Waals surface area contributed by atoms with Crippen molar-refractivity contribution in [3.8, 4) is 0 Å². The van der Waals surface area contributed by atoms with E-state index in [-0.39, 0.29) is 35.7 Å². The molecule has 3 heterocycles. The van der Waals surface area contributed by atoms with Crippen molar-refractivity contribution in [3.63, 3.8) is 0 Å². The van der Waals surface area contributed by atoms with Gasteiger partial charge in [-0.1, -0.05) is 58.4 Å². The number of anilines is 1. The molecule has 3 aliphatic rings. The maximum absolute atomic E-state index is 14.6. The number of nitrogens with zero attached hydrogens (tertiary/aromatic N) is 3. The molecule has 2 bridgehead atoms. The molecule has 3 unspecified atom stereocenters. The Morgan fingerprint density at radius 1 is 1.18 bits per heavy atom. The Hall–Kier alpha value is -3.01. The second-order valence-corrected chi connectivity index (χ2v) is 11.9. The predicted octanol–water partition coefficient (Wildman–Crippen LogP) is 3.13. The van der Waals surface area contributed by atoms with Gasteiger partial charge in [0.15, 0.2) is 0 Å². The Kier molecular flexibility index (Phi) is 7.43. The number of fused-ring (bicyclic) bond motifs is 2. The number of carbonyl (C=O) groups excluding carboxylic acids is 3. The van der Waals surface area contributed by atoms with Crippen LogP contribution in [0.1, 0.15) is 13.3 Å². The zero-order valence-electron chi connectivity index (χ0n) is 22.2. The van der Waals surface area contributed by atoms with Crippen molar-refractivity contribution >= 4 is 50.1 Å². The van der Waals surface area contributed by atoms with Crippen LogP contribution in [0.5, 0.6) is 0 Å². The van der Waals surface area contributed by atoms with Gasteiger partial charge in [0.2, 0.25) is 11.8 Å². The number of aliphatic hydroxyl groups excluding tert-OH is 1. The molecule has 39 heavy (non-hydrogen) atoms. The van der Waals surface area contributed by atoms with Crippen LogP contribution in [0.25, 0.3) is 10.8 Å². The summed E-state index contributed by atoms with van der Waals surface area (Å²) in [6.45, 7) is 9.52. The number of ether oxygens (including phenoxy) is 1. The number of likely N-dealkylation sites (N-methyl/N-ethyl adjacent to an activating group) is 1. The molecule has 3 saturated heterocycles. The number of hydrogen-bond donors (Lipinski definition) is 1. The lowest BCUT2D eigenvalue weighted by Crippen LogP contribution is -2.58. The summed E-state index contributed by atoms with van der Waals surface area (Å²) >= 11 is 3.70. The first-order chi connectivity index (χ1) is 18.7. The monoisotopic (exact) mass is 595 g/mol. The fourth-order valence-electron chi connectivity index (χ4n) is 6.67. The molecule has 8 nitrogen and oxygen atoms in total. The van der Waals surface area contributed by atoms with Crippen molar-refractivity contribution in [2.24, 2.45) is 11.8 Å². The molecule has 1 N–H and O–H groups in total. The summed E-state index contributed by atoms with van der Waals surface area (Å²) in [6.07, 6.45) is 3.13. The number of rotatable bonds is 9. The van der Waals surface area contributed by atoms with E-state index in [0.29, 0.717) is 18.7 Å². The Morgan fingerprint density at radius 3 is 2.54 bits per heavy atom. The highest BCUT2D eigenvalue weighted by Crippen LogP contribution is 2.60. The zero-order chi connectivity index (χ0) is 28.1. The van der Waals surface area contributed by atoms with Crippen molar-refractivity contribution < 1.29 is 24.2 Å². The van der Waals surface area contributed by atoms with Crippen LogP contribution in [0.2, 0.25) is 0 Å². The van der Waals surface area contributed by atoms with E-state index >= 15 is 0 Å². The number of halogens is 1. The average molecular weight is 597 g/mol. The summed E-state index contributed by atoms with van der Waals surface area (Å²) in [6, 6.07) is 12.0. The molecule has 3 fully saturated rings. The van der Waals surface area contributed by atoms with E-state index in [0.717, 1.165) is 10.8 Å². The Balaban J connectivity index is 1.60. The van der Waals surface area contributed by atoms with E-state index in [9.17, 15) is 19.5 Å². The van der Waals surface area contributed by atoms with Crippen LogP contribution in [0, 0.1) is 11.8 Å². The van der Waals surface area contributed by atoms with Crippen LogP contribution >= 0.6 is 15.9 Å². The number of likely N-dealkylation sites (tertiary alicyclic amines) is 1. The van der Waals surface area contributed by atoms with Crippen molar-refractivity contribution in [1.82, 2.24) is 9.80 Å². The molecular formula is C30H34BrN3O5. The maximum Gasteiger partial charge on any atom is 0.253 e. The molecule has 2 aromatic carbocycles. The summed E-state index contributed by atoms with van der Waals surface area (Å²) in [5, 5.41) is 12.2. The minimum Gasteiger partial charge on any atom is -0.394 e. The van der Waals surface area contributed by atoms with Crippen LogP contribution in [0.3, 0.4) is 0 Å². The molecule has 2 aromatic rings. The number of aliphatic hydroxyl groups is 1. The lowest BCUT2D eigenvalue weighted by molar-refractivity contribution is -0.146. The van der Waals surface area contributed by atoms with Crippen molar-refractivity contribution in [2.75, 3.05) is 31.6 Å². The summed E-state index contributed by atoms with van der Waals surface area (Å²) in [7, 11) is 1.67. The minimum atomic E-state index is -1.21. The van der Waals surface area contributed by atoms with Gasteiger partial charge in [-0.2, -0.15) is 0 Å². The maximum atomic E-state index is 14.6. The fourth-order valence-corrected chi connectivity index (χ4v) is 7.62. The van der Waals surface area contributed by atoms with Crippen LogP contribution < -0.4 is 4.90 Å². The highest BCUT2D eigenvalue weighted by molar-refractivity contribution is 9.09. The molecule has 0 radical (unpaired) electrons. The van der Waals surface area contributed by atoms with Crippen LogP contribution in [-0.4, -0.2) is 88.0 Å². The normalized spacial score (nSPS) is 29.8. The van der Waals surface area contributed by atoms with Gasteiger partial charge in [-0.05, 0) is 36.2 Å². The topological polar surface area (TPSA) is 90.4 Å². The van der Waals surface area contributed by atoms with Gasteiger partial charge in [0.25, 0.3) is 5.91 Å². The molecule has 206 valence electrons. The third-order valence-electron chi connectivity index (χ3n) is 8.39. The third-order valence-corrected chi connectivity index (χ3v) is 9.23. The lowest BCUT2D eigenvalue weighted by atomic mass is 9.70. The molecular weight excluding hydrogens is 562 g/mol. The van der Waals surface area contributed by atoms with E-state index in [1.54, 1.807) is 31.0 Å². The summed E-state index contributed by atoms with van der Waals surface area (Å²) in [5.74, 6) is -2.46. The average Bonchev–Trinajstić information content (AvgIpc) is 3.53. The first-order valence-electron chi connectivity index (χ1n) is 13.2. The Labute approximate surface area is 237 Å². The molecule has 0 aliphatic carbocycles. The molecule has 3 amide bonds. The van der Waals surface area contributed by atoms with Gasteiger partial charge in [0, 0.05) is 30.7 Å². The van der Waals surface area contributed by atoms with Gasteiger partial charge < -0.3 is 24.5 Å². The second kappa shape index (κ2) is 10.5.